The van der Waals surface area contributed by atoms with Gasteiger partial charge in [-0.15, -0.1) is 0 Å². The average Bonchev–Trinajstić information content (AvgIpc) is 2.12. The lowest BCUT2D eigenvalue weighted by Crippen LogP contribution is -2.04. The van der Waals surface area contributed by atoms with Crippen LogP contribution in [0.5, 0.6) is 0 Å². The summed E-state index contributed by atoms with van der Waals surface area (Å²) in [6, 6.07) is 8.28. The molecule has 0 saturated heterocycles. The fourth-order valence-corrected chi connectivity index (χ4v) is 1.20. The van der Waals surface area contributed by atoms with Gasteiger partial charge in [0.05, 0.1) is 10.0 Å². The molecule has 1 aromatic carbocycles. The second-order valence-corrected chi connectivity index (χ2v) is 3.29. The molecule has 0 aromatic heterocycles. The van der Waals surface area contributed by atoms with Crippen LogP contribution in [0.2, 0.25) is 10.0 Å². The SMILES string of the molecule is CC#CNCc1ccc(Cl)c(Cl)c1. The maximum Gasteiger partial charge on any atom is 0.0595 e. The van der Waals surface area contributed by atoms with E-state index in [1.807, 2.05) is 12.1 Å². The van der Waals surface area contributed by atoms with Crippen LogP contribution in [0.25, 0.3) is 0 Å². The largest absolute Gasteiger partial charge is 0.341 e. The Balaban J connectivity index is 2.66. The predicted octanol–water partition coefficient (Wildman–Crippen LogP) is 3.06. The highest BCUT2D eigenvalue weighted by Gasteiger charge is 1.97. The summed E-state index contributed by atoms with van der Waals surface area (Å²) in [7, 11) is 0. The molecule has 0 heterocycles. The Labute approximate surface area is 88.0 Å². The zero-order valence-electron chi connectivity index (χ0n) is 7.20. The van der Waals surface area contributed by atoms with E-state index in [0.717, 1.165) is 5.56 Å². The van der Waals surface area contributed by atoms with Crippen molar-refractivity contribution in [2.24, 2.45) is 0 Å². The highest BCUT2D eigenvalue weighted by molar-refractivity contribution is 6.42. The van der Waals surface area contributed by atoms with Crippen molar-refractivity contribution in [3.63, 3.8) is 0 Å². The summed E-state index contributed by atoms with van der Waals surface area (Å²) in [5, 5.41) is 4.09. The molecular weight excluding hydrogens is 205 g/mol. The van der Waals surface area contributed by atoms with Crippen molar-refractivity contribution < 1.29 is 0 Å². The molecule has 1 N–H and O–H groups in total. The van der Waals surface area contributed by atoms with Gasteiger partial charge in [0.15, 0.2) is 0 Å². The minimum Gasteiger partial charge on any atom is -0.341 e. The molecule has 68 valence electrons. The van der Waals surface area contributed by atoms with Crippen LogP contribution < -0.4 is 5.32 Å². The topological polar surface area (TPSA) is 12.0 Å². The van der Waals surface area contributed by atoms with Gasteiger partial charge < -0.3 is 5.32 Å². The molecule has 0 aliphatic rings. The molecule has 0 bridgehead atoms. The summed E-state index contributed by atoms with van der Waals surface area (Å²) < 4.78 is 0. The van der Waals surface area contributed by atoms with Crippen molar-refractivity contribution in [3.05, 3.63) is 33.8 Å². The summed E-state index contributed by atoms with van der Waals surface area (Å²) >= 11 is 11.6. The maximum absolute atomic E-state index is 5.83. The second kappa shape index (κ2) is 5.01. The Hall–Kier alpha value is -0.840. The van der Waals surface area contributed by atoms with Gasteiger partial charge in [0, 0.05) is 12.6 Å². The molecule has 3 heteroatoms. The lowest BCUT2D eigenvalue weighted by Gasteiger charge is -2.01. The molecule has 0 saturated carbocycles. The molecule has 0 atom stereocenters. The fraction of sp³-hybridized carbons (Fsp3) is 0.200. The summed E-state index contributed by atoms with van der Waals surface area (Å²) in [6.07, 6.45) is 0. The van der Waals surface area contributed by atoms with E-state index >= 15 is 0 Å². The van der Waals surface area contributed by atoms with Gasteiger partial charge in [0.1, 0.15) is 0 Å². The third-order valence-corrected chi connectivity index (χ3v) is 2.23. The minimum atomic E-state index is 0.574. The van der Waals surface area contributed by atoms with Gasteiger partial charge in [-0.05, 0) is 24.6 Å². The Bertz CT molecular complexity index is 350. The van der Waals surface area contributed by atoms with Gasteiger partial charge in [-0.1, -0.05) is 35.2 Å². The van der Waals surface area contributed by atoms with Crippen molar-refractivity contribution in [3.8, 4) is 12.0 Å². The Morgan fingerprint density at radius 1 is 1.31 bits per heavy atom. The lowest BCUT2D eigenvalue weighted by molar-refractivity contribution is 0.899. The summed E-state index contributed by atoms with van der Waals surface area (Å²) in [5.74, 6) is 2.74. The second-order valence-electron chi connectivity index (χ2n) is 2.48. The maximum atomic E-state index is 5.83. The van der Waals surface area contributed by atoms with Crippen LogP contribution in [0.15, 0.2) is 18.2 Å². The molecular formula is C10H9Cl2N. The molecule has 0 spiro atoms. The van der Waals surface area contributed by atoms with E-state index in [1.165, 1.54) is 0 Å². The molecule has 1 rings (SSSR count). The van der Waals surface area contributed by atoms with E-state index in [1.54, 1.807) is 13.0 Å². The smallest absolute Gasteiger partial charge is 0.0595 e. The van der Waals surface area contributed by atoms with Crippen LogP contribution in [0.1, 0.15) is 12.5 Å². The monoisotopic (exact) mass is 213 g/mol. The first-order valence-electron chi connectivity index (χ1n) is 3.82. The molecule has 1 nitrogen and oxygen atoms in total. The van der Waals surface area contributed by atoms with Crippen molar-refractivity contribution >= 4 is 23.2 Å². The van der Waals surface area contributed by atoms with Crippen LogP contribution in [0.4, 0.5) is 0 Å². The standard InChI is InChI=1S/C10H9Cl2N/c1-2-5-13-7-8-3-4-9(11)10(12)6-8/h3-4,6,13H,7H2,1H3. The first-order chi connectivity index (χ1) is 6.24. The quantitative estimate of drug-likeness (QED) is 0.589. The summed E-state index contributed by atoms with van der Waals surface area (Å²) in [6.45, 7) is 2.46. The van der Waals surface area contributed by atoms with Crippen molar-refractivity contribution in [1.82, 2.24) is 5.32 Å². The van der Waals surface area contributed by atoms with Crippen LogP contribution in [0.3, 0.4) is 0 Å². The van der Waals surface area contributed by atoms with Gasteiger partial charge >= 0.3 is 0 Å². The number of benzene rings is 1. The van der Waals surface area contributed by atoms with E-state index < -0.39 is 0 Å². The van der Waals surface area contributed by atoms with Crippen LogP contribution in [-0.2, 0) is 6.54 Å². The van der Waals surface area contributed by atoms with Crippen LogP contribution in [0, 0.1) is 12.0 Å². The number of halogens is 2. The lowest BCUT2D eigenvalue weighted by atomic mass is 10.2. The van der Waals surface area contributed by atoms with Gasteiger partial charge in [-0.25, -0.2) is 0 Å². The van der Waals surface area contributed by atoms with E-state index in [4.69, 9.17) is 23.2 Å². The Kier molecular flexibility index (Phi) is 3.95. The number of rotatable bonds is 2. The van der Waals surface area contributed by atoms with Crippen molar-refractivity contribution in [1.29, 1.82) is 0 Å². The fourth-order valence-electron chi connectivity index (χ4n) is 0.884. The van der Waals surface area contributed by atoms with Gasteiger partial charge in [0.25, 0.3) is 0 Å². The molecule has 0 fully saturated rings. The van der Waals surface area contributed by atoms with Crippen molar-refractivity contribution in [2.45, 2.75) is 13.5 Å². The van der Waals surface area contributed by atoms with Crippen LogP contribution in [-0.4, -0.2) is 0 Å². The molecule has 0 radical (unpaired) electrons. The molecule has 0 aliphatic heterocycles. The molecule has 0 aliphatic carbocycles. The minimum absolute atomic E-state index is 0.574. The van der Waals surface area contributed by atoms with Crippen molar-refractivity contribution in [2.75, 3.05) is 0 Å². The zero-order chi connectivity index (χ0) is 9.68. The highest BCUT2D eigenvalue weighted by atomic mass is 35.5. The number of hydrogen-bond acceptors (Lipinski definition) is 1. The van der Waals surface area contributed by atoms with Crippen LogP contribution >= 0.6 is 23.2 Å². The normalized spacial score (nSPS) is 8.85. The number of hydrogen-bond donors (Lipinski definition) is 1. The summed E-state index contributed by atoms with van der Waals surface area (Å²) in [5.41, 5.74) is 1.07. The average molecular weight is 214 g/mol. The third kappa shape index (κ3) is 3.18. The van der Waals surface area contributed by atoms with E-state index in [-0.39, 0.29) is 0 Å². The molecule has 0 amide bonds. The van der Waals surface area contributed by atoms with E-state index in [9.17, 15) is 0 Å². The van der Waals surface area contributed by atoms with Gasteiger partial charge in [-0.2, -0.15) is 0 Å². The van der Waals surface area contributed by atoms with E-state index in [2.05, 4.69) is 17.3 Å². The zero-order valence-corrected chi connectivity index (χ0v) is 8.71. The highest BCUT2D eigenvalue weighted by Crippen LogP contribution is 2.22. The first-order valence-corrected chi connectivity index (χ1v) is 4.58. The Morgan fingerprint density at radius 2 is 2.08 bits per heavy atom. The van der Waals surface area contributed by atoms with E-state index in [0.29, 0.717) is 16.6 Å². The first kappa shape index (κ1) is 10.2. The third-order valence-electron chi connectivity index (χ3n) is 1.49. The van der Waals surface area contributed by atoms with Gasteiger partial charge in [-0.3, -0.25) is 0 Å². The molecule has 13 heavy (non-hydrogen) atoms. The summed E-state index contributed by atoms with van der Waals surface area (Å²) in [4.78, 5) is 0. The van der Waals surface area contributed by atoms with Gasteiger partial charge in [0.2, 0.25) is 0 Å². The molecule has 1 aromatic rings. The number of nitrogens with one attached hydrogen (secondary N) is 1. The Morgan fingerprint density at radius 3 is 2.69 bits per heavy atom. The molecule has 0 unspecified atom stereocenters. The predicted molar refractivity (Wildman–Crippen MR) is 56.8 cm³/mol.